The number of hydrogen-bond donors (Lipinski definition) is 1. The van der Waals surface area contributed by atoms with Crippen LogP contribution in [0.5, 0.6) is 0 Å². The van der Waals surface area contributed by atoms with Gasteiger partial charge in [-0.05, 0) is 89.3 Å². The molecule has 0 radical (unpaired) electrons. The lowest BCUT2D eigenvalue weighted by molar-refractivity contribution is -0.137. The van der Waals surface area contributed by atoms with Gasteiger partial charge in [0, 0.05) is 26.1 Å². The predicted molar refractivity (Wildman–Crippen MR) is 150 cm³/mol. The van der Waals surface area contributed by atoms with Gasteiger partial charge in [0.15, 0.2) is 0 Å². The molecule has 40 heavy (non-hydrogen) atoms. The Labute approximate surface area is 237 Å². The minimum Gasteiger partial charge on any atom is -0.447 e. The third-order valence-corrected chi connectivity index (χ3v) is 8.86. The molecule has 222 valence electrons. The quantitative estimate of drug-likeness (QED) is 0.464. The number of piperidine rings is 1. The van der Waals surface area contributed by atoms with Gasteiger partial charge in [-0.1, -0.05) is 31.4 Å². The van der Waals surface area contributed by atoms with E-state index in [4.69, 9.17) is 9.47 Å². The van der Waals surface area contributed by atoms with Gasteiger partial charge in [-0.3, -0.25) is 9.69 Å². The molecule has 2 saturated heterocycles. The maximum Gasteiger partial charge on any atom is 0.410 e. The number of halogens is 1. The topological polar surface area (TPSA) is 88.2 Å². The lowest BCUT2D eigenvalue weighted by Gasteiger charge is -2.50. The van der Waals surface area contributed by atoms with E-state index in [1.54, 1.807) is 32.9 Å². The Morgan fingerprint density at radius 1 is 1.10 bits per heavy atom. The van der Waals surface area contributed by atoms with Crippen LogP contribution in [0.15, 0.2) is 24.3 Å². The zero-order chi connectivity index (χ0) is 29.1. The highest BCUT2D eigenvalue weighted by Gasteiger charge is 2.49. The molecule has 3 amide bonds. The molecule has 0 bridgehead atoms. The molecule has 1 atom stereocenters. The van der Waals surface area contributed by atoms with Crippen LogP contribution in [-0.4, -0.2) is 71.3 Å². The average Bonchev–Trinajstić information content (AvgIpc) is 3.15. The van der Waals surface area contributed by atoms with Crippen LogP contribution < -0.4 is 5.32 Å². The van der Waals surface area contributed by atoms with Crippen molar-refractivity contribution in [3.05, 3.63) is 35.6 Å². The van der Waals surface area contributed by atoms with E-state index in [9.17, 15) is 18.8 Å². The van der Waals surface area contributed by atoms with Crippen molar-refractivity contribution in [2.75, 3.05) is 26.2 Å². The number of benzene rings is 1. The Morgan fingerprint density at radius 2 is 1.73 bits per heavy atom. The highest BCUT2D eigenvalue weighted by atomic mass is 19.1. The Bertz CT molecular complexity index is 1050. The Hall–Kier alpha value is -2.84. The Morgan fingerprint density at radius 3 is 2.27 bits per heavy atom. The molecule has 9 heteroatoms. The number of nitrogens with zero attached hydrogens (tertiary/aromatic N) is 2. The van der Waals surface area contributed by atoms with Crippen LogP contribution in [0.2, 0.25) is 0 Å². The van der Waals surface area contributed by atoms with E-state index in [1.807, 2.05) is 23.6 Å². The molecular formula is C31H46FN3O5. The smallest absolute Gasteiger partial charge is 0.410 e. The van der Waals surface area contributed by atoms with E-state index in [2.05, 4.69) is 5.32 Å². The summed E-state index contributed by atoms with van der Waals surface area (Å²) in [7, 11) is 0. The summed E-state index contributed by atoms with van der Waals surface area (Å²) in [4.78, 5) is 43.0. The molecule has 1 saturated carbocycles. The number of amides is 3. The van der Waals surface area contributed by atoms with Gasteiger partial charge in [-0.2, -0.15) is 0 Å². The second-order valence-corrected chi connectivity index (χ2v) is 13.5. The third kappa shape index (κ3) is 7.26. The van der Waals surface area contributed by atoms with Crippen LogP contribution >= 0.6 is 0 Å². The summed E-state index contributed by atoms with van der Waals surface area (Å²) in [6, 6.07) is 5.14. The Balaban J connectivity index is 1.50. The summed E-state index contributed by atoms with van der Waals surface area (Å²) in [5.74, 6) is -0.0298. The van der Waals surface area contributed by atoms with Crippen LogP contribution in [0.3, 0.4) is 0 Å². The number of hydrogen-bond acceptors (Lipinski definition) is 5. The lowest BCUT2D eigenvalue weighted by Crippen LogP contribution is -2.57. The number of carbonyl (C=O) groups is 3. The van der Waals surface area contributed by atoms with Gasteiger partial charge in [-0.15, -0.1) is 0 Å². The number of carbonyl (C=O) groups excluding carboxylic acids is 3. The van der Waals surface area contributed by atoms with Crippen molar-refractivity contribution in [1.82, 2.24) is 15.1 Å². The number of alkyl carbamates (subject to hydrolysis) is 1. The molecule has 3 fully saturated rings. The second-order valence-electron chi connectivity index (χ2n) is 13.5. The summed E-state index contributed by atoms with van der Waals surface area (Å²) in [5.41, 5.74) is -0.395. The molecule has 0 spiro atoms. The van der Waals surface area contributed by atoms with Crippen LogP contribution in [0.25, 0.3) is 0 Å². The van der Waals surface area contributed by atoms with E-state index >= 15 is 0 Å². The predicted octanol–water partition coefficient (Wildman–Crippen LogP) is 5.68. The highest BCUT2D eigenvalue weighted by Crippen LogP contribution is 2.48. The fraction of sp³-hybridized carbons (Fsp3) is 0.710. The molecule has 4 rings (SSSR count). The monoisotopic (exact) mass is 559 g/mol. The summed E-state index contributed by atoms with van der Waals surface area (Å²) in [6.07, 6.45) is 6.83. The molecule has 2 heterocycles. The zero-order valence-electron chi connectivity index (χ0n) is 24.8. The number of ether oxygens (including phenoxy) is 2. The first kappa shape index (κ1) is 30.1. The molecule has 8 nitrogen and oxygen atoms in total. The molecular weight excluding hydrogens is 513 g/mol. The van der Waals surface area contributed by atoms with Gasteiger partial charge < -0.3 is 19.7 Å². The van der Waals surface area contributed by atoms with E-state index in [0.717, 1.165) is 31.2 Å². The lowest BCUT2D eigenvalue weighted by atomic mass is 9.63. The largest absolute Gasteiger partial charge is 0.447 e. The van der Waals surface area contributed by atoms with Gasteiger partial charge in [-0.25, -0.2) is 14.0 Å². The number of nitrogens with one attached hydrogen (secondary N) is 1. The normalized spacial score (nSPS) is 22.0. The number of cyclic esters (lactones) is 1. The first-order valence-corrected chi connectivity index (χ1v) is 14.8. The van der Waals surface area contributed by atoms with Crippen LogP contribution in [0, 0.1) is 17.2 Å². The van der Waals surface area contributed by atoms with Crippen LogP contribution in [0.1, 0.15) is 85.1 Å². The summed E-state index contributed by atoms with van der Waals surface area (Å²) >= 11 is 0. The van der Waals surface area contributed by atoms with Crippen molar-refractivity contribution < 1.29 is 28.2 Å². The Kier molecular flexibility index (Phi) is 9.00. The van der Waals surface area contributed by atoms with Gasteiger partial charge in [0.1, 0.15) is 24.1 Å². The van der Waals surface area contributed by atoms with Gasteiger partial charge >= 0.3 is 12.2 Å². The van der Waals surface area contributed by atoms with E-state index < -0.39 is 17.7 Å². The van der Waals surface area contributed by atoms with Gasteiger partial charge in [0.2, 0.25) is 5.91 Å². The van der Waals surface area contributed by atoms with E-state index in [1.165, 1.54) is 31.4 Å². The highest BCUT2D eigenvalue weighted by molar-refractivity contribution is 5.86. The fourth-order valence-electron chi connectivity index (χ4n) is 6.54. The number of likely N-dealkylation sites (tertiary alicyclic amines) is 1. The molecule has 1 aromatic rings. The third-order valence-electron chi connectivity index (χ3n) is 8.86. The summed E-state index contributed by atoms with van der Waals surface area (Å²) in [5, 5.41) is 2.78. The molecule has 1 N–H and O–H groups in total. The standard InChI is InChI=1S/C31H46FN3O5/c1-29(2,3)40-27(37)33-25(19-22-11-13-24(32)14-12-22)26(36)34-17-15-31(16-18-34,23-9-7-6-8-10-23)20-35-28(38)39-21-30(35,4)5/h11-14,23,25H,6-10,15-21H2,1-5H3,(H,33,37)/t25-/m1/s1. The molecule has 0 aromatic heterocycles. The van der Waals surface area contributed by atoms with Crippen molar-refractivity contribution in [3.63, 3.8) is 0 Å². The van der Waals surface area contributed by atoms with Crippen LogP contribution in [0.4, 0.5) is 14.0 Å². The average molecular weight is 560 g/mol. The molecule has 1 aliphatic carbocycles. The van der Waals surface area contributed by atoms with E-state index in [-0.39, 0.29) is 35.2 Å². The van der Waals surface area contributed by atoms with Crippen molar-refractivity contribution in [1.29, 1.82) is 0 Å². The maximum atomic E-state index is 13.9. The molecule has 0 unspecified atom stereocenters. The number of rotatable bonds is 7. The SMILES string of the molecule is CC(C)(C)OC(=O)N[C@H](Cc1ccc(F)cc1)C(=O)N1CCC(CN2C(=O)OCC2(C)C)(C2CCCCC2)CC1. The van der Waals surface area contributed by atoms with Crippen molar-refractivity contribution in [2.24, 2.45) is 11.3 Å². The first-order valence-electron chi connectivity index (χ1n) is 14.8. The fourth-order valence-corrected chi connectivity index (χ4v) is 6.54. The summed E-state index contributed by atoms with van der Waals surface area (Å²) < 4.78 is 24.4. The summed E-state index contributed by atoms with van der Waals surface area (Å²) in [6.45, 7) is 11.5. The van der Waals surface area contributed by atoms with Crippen molar-refractivity contribution in [2.45, 2.75) is 103 Å². The molecule has 3 aliphatic rings. The minimum atomic E-state index is -0.838. The second kappa shape index (κ2) is 12.0. The van der Waals surface area contributed by atoms with Gasteiger partial charge in [0.05, 0.1) is 5.54 Å². The maximum absolute atomic E-state index is 13.9. The first-order chi connectivity index (χ1) is 18.8. The minimum absolute atomic E-state index is 0.0805. The molecule has 2 aliphatic heterocycles. The van der Waals surface area contributed by atoms with Crippen LogP contribution in [-0.2, 0) is 20.7 Å². The molecule has 1 aromatic carbocycles. The van der Waals surface area contributed by atoms with Crippen molar-refractivity contribution in [3.8, 4) is 0 Å². The van der Waals surface area contributed by atoms with Crippen molar-refractivity contribution >= 4 is 18.1 Å². The zero-order valence-corrected chi connectivity index (χ0v) is 24.8. The van der Waals surface area contributed by atoms with E-state index in [0.29, 0.717) is 32.2 Å². The van der Waals surface area contributed by atoms with Gasteiger partial charge in [0.25, 0.3) is 0 Å².